The number of ether oxygens (including phenoxy) is 2. The van der Waals surface area contributed by atoms with Gasteiger partial charge in [0.2, 0.25) is 0 Å². The second-order valence-electron chi connectivity index (χ2n) is 7.54. The summed E-state index contributed by atoms with van der Waals surface area (Å²) in [6.45, 7) is 13.6. The van der Waals surface area contributed by atoms with E-state index in [1.54, 1.807) is 19.9 Å². The number of aliphatic hydroxyl groups is 1. The smallest absolute Gasteiger partial charge is 0.348 e. The average molecular weight is 438 g/mol. The number of carbonyl (C=O) groups excluding carboxylic acids is 1. The molecule has 0 fully saturated rings. The molecule has 2 N–H and O–H groups in total. The number of carbonyl (C=O) groups is 1. The van der Waals surface area contributed by atoms with Gasteiger partial charge in [0.25, 0.3) is 5.56 Å². The molecule has 0 saturated heterocycles. The van der Waals surface area contributed by atoms with Gasteiger partial charge in [-0.1, -0.05) is 19.9 Å². The van der Waals surface area contributed by atoms with E-state index in [0.717, 1.165) is 6.54 Å². The number of thiophene rings is 1. The van der Waals surface area contributed by atoms with Crippen LogP contribution in [0.1, 0.15) is 41.8 Å². The highest BCUT2D eigenvalue weighted by Crippen LogP contribution is 2.27. The lowest BCUT2D eigenvalue weighted by Crippen LogP contribution is -2.37. The average Bonchev–Trinajstić information content (AvgIpc) is 2.98. The molecule has 0 aliphatic heterocycles. The Labute approximate surface area is 180 Å². The number of aryl methyl sites for hydroxylation is 1. The molecule has 9 heteroatoms. The van der Waals surface area contributed by atoms with E-state index in [0.29, 0.717) is 52.1 Å². The van der Waals surface area contributed by atoms with Gasteiger partial charge in [0, 0.05) is 13.1 Å². The summed E-state index contributed by atoms with van der Waals surface area (Å²) in [5.74, 6) is 0.410. The molecule has 0 amide bonds. The molecule has 0 unspecified atom stereocenters. The molecular formula is C21H31N3O5S. The zero-order chi connectivity index (χ0) is 22.3. The van der Waals surface area contributed by atoms with Crippen LogP contribution >= 0.6 is 11.3 Å². The van der Waals surface area contributed by atoms with Crippen LogP contribution in [0.2, 0.25) is 0 Å². The minimum absolute atomic E-state index is 0.205. The van der Waals surface area contributed by atoms with Crippen molar-refractivity contribution in [2.45, 2.75) is 40.3 Å². The van der Waals surface area contributed by atoms with Crippen LogP contribution in [0, 0.1) is 12.8 Å². The molecule has 166 valence electrons. The molecule has 2 rings (SSSR count). The van der Waals surface area contributed by atoms with Gasteiger partial charge < -0.3 is 19.6 Å². The monoisotopic (exact) mass is 437 g/mol. The molecule has 0 saturated carbocycles. The van der Waals surface area contributed by atoms with E-state index in [4.69, 9.17) is 9.47 Å². The molecule has 0 aromatic carbocycles. The highest BCUT2D eigenvalue weighted by atomic mass is 32.1. The number of H-pyrrole nitrogens is 1. The Bertz CT molecular complexity index is 921. The lowest BCUT2D eigenvalue weighted by Gasteiger charge is -2.26. The normalized spacial score (nSPS) is 12.6. The fourth-order valence-electron chi connectivity index (χ4n) is 3.22. The van der Waals surface area contributed by atoms with Crippen LogP contribution in [0.15, 0.2) is 17.4 Å². The molecule has 0 bridgehead atoms. The van der Waals surface area contributed by atoms with E-state index in [1.807, 2.05) is 4.90 Å². The second-order valence-corrected chi connectivity index (χ2v) is 8.54. The minimum atomic E-state index is -0.668. The van der Waals surface area contributed by atoms with Gasteiger partial charge in [0.1, 0.15) is 15.5 Å². The highest BCUT2D eigenvalue weighted by molar-refractivity contribution is 7.20. The van der Waals surface area contributed by atoms with Crippen molar-refractivity contribution in [3.05, 3.63) is 39.3 Å². The molecule has 0 radical (unpaired) electrons. The van der Waals surface area contributed by atoms with Gasteiger partial charge in [0.05, 0.1) is 37.9 Å². The van der Waals surface area contributed by atoms with Crippen molar-refractivity contribution in [1.29, 1.82) is 0 Å². The number of aromatic nitrogens is 2. The maximum absolute atomic E-state index is 12.7. The Kier molecular flexibility index (Phi) is 9.16. The van der Waals surface area contributed by atoms with Crippen molar-refractivity contribution in [2.24, 2.45) is 5.92 Å². The summed E-state index contributed by atoms with van der Waals surface area (Å²) in [5.41, 5.74) is 0.307. The van der Waals surface area contributed by atoms with Crippen LogP contribution in [-0.4, -0.2) is 65.0 Å². The number of aromatic amines is 1. The van der Waals surface area contributed by atoms with E-state index < -0.39 is 12.1 Å². The van der Waals surface area contributed by atoms with Gasteiger partial charge in [-0.15, -0.1) is 17.9 Å². The quantitative estimate of drug-likeness (QED) is 0.299. The minimum Gasteiger partial charge on any atom is -0.462 e. The summed E-state index contributed by atoms with van der Waals surface area (Å²) in [6, 6.07) is 0. The number of rotatable bonds is 12. The lowest BCUT2D eigenvalue weighted by molar-refractivity contribution is 0.0218. The Morgan fingerprint density at radius 1 is 1.40 bits per heavy atom. The molecule has 0 spiro atoms. The van der Waals surface area contributed by atoms with Crippen molar-refractivity contribution in [1.82, 2.24) is 14.9 Å². The Morgan fingerprint density at radius 3 is 2.77 bits per heavy atom. The summed E-state index contributed by atoms with van der Waals surface area (Å²) < 4.78 is 10.4. The molecule has 2 aromatic rings. The summed E-state index contributed by atoms with van der Waals surface area (Å²) >= 11 is 1.17. The third-order valence-electron chi connectivity index (χ3n) is 4.32. The van der Waals surface area contributed by atoms with Gasteiger partial charge >= 0.3 is 5.97 Å². The fraction of sp³-hybridized carbons (Fsp3) is 0.571. The summed E-state index contributed by atoms with van der Waals surface area (Å²) in [7, 11) is 0. The van der Waals surface area contributed by atoms with Gasteiger partial charge in [-0.25, -0.2) is 9.78 Å². The number of fused-ring (bicyclic) bond motifs is 1. The first-order chi connectivity index (χ1) is 14.3. The summed E-state index contributed by atoms with van der Waals surface area (Å²) in [4.78, 5) is 35.2. The van der Waals surface area contributed by atoms with Crippen molar-refractivity contribution in [3.8, 4) is 0 Å². The van der Waals surface area contributed by atoms with E-state index in [2.05, 4.69) is 30.4 Å². The molecule has 0 aliphatic rings. The summed E-state index contributed by atoms with van der Waals surface area (Å²) in [5, 5.41) is 10.7. The number of aliphatic hydroxyl groups excluding tert-OH is 1. The van der Waals surface area contributed by atoms with Crippen LogP contribution < -0.4 is 5.56 Å². The Hall–Kier alpha value is -2.07. The molecule has 2 aromatic heterocycles. The van der Waals surface area contributed by atoms with Crippen molar-refractivity contribution < 1.29 is 19.4 Å². The predicted molar refractivity (Wildman–Crippen MR) is 118 cm³/mol. The zero-order valence-corrected chi connectivity index (χ0v) is 18.9. The largest absolute Gasteiger partial charge is 0.462 e. The van der Waals surface area contributed by atoms with Crippen LogP contribution in [0.4, 0.5) is 0 Å². The van der Waals surface area contributed by atoms with Crippen molar-refractivity contribution >= 4 is 27.5 Å². The number of esters is 1. The van der Waals surface area contributed by atoms with Gasteiger partial charge in [-0.2, -0.15) is 0 Å². The molecular weight excluding hydrogens is 406 g/mol. The predicted octanol–water partition coefficient (Wildman–Crippen LogP) is 2.49. The van der Waals surface area contributed by atoms with Crippen molar-refractivity contribution in [3.63, 3.8) is 0 Å². The molecule has 30 heavy (non-hydrogen) atoms. The maximum Gasteiger partial charge on any atom is 0.348 e. The fourth-order valence-corrected chi connectivity index (χ4v) is 4.32. The van der Waals surface area contributed by atoms with Gasteiger partial charge in [-0.3, -0.25) is 9.69 Å². The molecule has 8 nitrogen and oxygen atoms in total. The lowest BCUT2D eigenvalue weighted by atomic mass is 10.2. The topological polar surface area (TPSA) is 105 Å². The van der Waals surface area contributed by atoms with Crippen LogP contribution in [0.25, 0.3) is 10.2 Å². The standard InChI is InChI=1S/C21H31N3O5S/c1-6-8-28-12-15(25)10-24(9-13(3)4)11-16-22-19(26)17-14(5)18(21(27)29-7-2)30-20(17)23-16/h6,13,15,25H,1,7-12H2,2-5H3,(H,22,23,26)/t15-/m0/s1. The highest BCUT2D eigenvalue weighted by Gasteiger charge is 2.21. The van der Waals surface area contributed by atoms with E-state index >= 15 is 0 Å². The van der Waals surface area contributed by atoms with Crippen LogP contribution in [-0.2, 0) is 16.0 Å². The van der Waals surface area contributed by atoms with Gasteiger partial charge in [0.15, 0.2) is 0 Å². The van der Waals surface area contributed by atoms with Crippen LogP contribution in [0.5, 0.6) is 0 Å². The number of hydrogen-bond donors (Lipinski definition) is 2. The van der Waals surface area contributed by atoms with Crippen molar-refractivity contribution in [2.75, 3.05) is 32.9 Å². The SMILES string of the molecule is C=CCOC[C@@H](O)CN(Cc1nc2sc(C(=O)OCC)c(C)c2c(=O)[nH]1)CC(C)C. The number of nitrogens with zero attached hydrogens (tertiary/aromatic N) is 2. The number of hydrogen-bond acceptors (Lipinski definition) is 8. The maximum atomic E-state index is 12.7. The third-order valence-corrected chi connectivity index (χ3v) is 5.49. The van der Waals surface area contributed by atoms with E-state index in [1.165, 1.54) is 11.3 Å². The van der Waals surface area contributed by atoms with E-state index in [9.17, 15) is 14.7 Å². The number of nitrogens with one attached hydrogen (secondary N) is 1. The van der Waals surface area contributed by atoms with Gasteiger partial charge in [-0.05, 0) is 25.3 Å². The summed E-state index contributed by atoms with van der Waals surface area (Å²) in [6.07, 6.45) is 0.967. The van der Waals surface area contributed by atoms with E-state index in [-0.39, 0.29) is 18.8 Å². The Balaban J connectivity index is 2.24. The second kappa shape index (κ2) is 11.4. The first kappa shape index (κ1) is 24.2. The third kappa shape index (κ3) is 6.46. The Morgan fingerprint density at radius 2 is 2.13 bits per heavy atom. The molecule has 0 aliphatic carbocycles. The first-order valence-electron chi connectivity index (χ1n) is 10.0. The first-order valence-corrected chi connectivity index (χ1v) is 10.9. The zero-order valence-electron chi connectivity index (χ0n) is 18.1. The molecule has 1 atom stereocenters. The van der Waals surface area contributed by atoms with Crippen LogP contribution in [0.3, 0.4) is 0 Å². The molecule has 2 heterocycles.